The summed E-state index contributed by atoms with van der Waals surface area (Å²) in [6.07, 6.45) is 0. The Balaban J connectivity index is 1.83. The van der Waals surface area contributed by atoms with Crippen LogP contribution in [0, 0.1) is 0 Å². The topological polar surface area (TPSA) is 20.2 Å². The van der Waals surface area contributed by atoms with Crippen LogP contribution in [0.1, 0.15) is 0 Å². The van der Waals surface area contributed by atoms with Crippen molar-refractivity contribution in [2.75, 3.05) is 33.7 Å². The highest BCUT2D eigenvalue weighted by Crippen LogP contribution is 2.28. The molecule has 1 aromatic heterocycles. The van der Waals surface area contributed by atoms with Crippen LogP contribution in [0.25, 0.3) is 21.8 Å². The Morgan fingerprint density at radius 1 is 0.857 bits per heavy atom. The maximum Gasteiger partial charge on any atom is 0.0491 e. The molecule has 3 nitrogen and oxygen atoms in total. The zero-order valence-corrected chi connectivity index (χ0v) is 12.8. The second kappa shape index (κ2) is 6.29. The average Bonchev–Trinajstić information content (AvgIpc) is 2.81. The molecule has 3 heteroatoms. The lowest BCUT2D eigenvalue weighted by Gasteiger charge is -2.11. The predicted octanol–water partition coefficient (Wildman–Crippen LogP) is 2.95. The number of hydrogen-bond acceptors (Lipinski definition) is 2. The molecule has 0 amide bonds. The monoisotopic (exact) mass is 281 g/mol. The molecule has 0 saturated heterocycles. The summed E-state index contributed by atoms with van der Waals surface area (Å²) in [6.45, 7) is 4.11. The fourth-order valence-corrected chi connectivity index (χ4v) is 2.86. The van der Waals surface area contributed by atoms with Crippen LogP contribution >= 0.6 is 0 Å². The maximum atomic E-state index is 3.52. The first kappa shape index (κ1) is 14.1. The number of nitrogens with one attached hydrogen (secondary N) is 1. The van der Waals surface area contributed by atoms with Crippen molar-refractivity contribution >= 4 is 21.8 Å². The molecule has 0 aliphatic rings. The molecule has 0 radical (unpaired) electrons. The second-order valence-corrected chi connectivity index (χ2v) is 5.74. The van der Waals surface area contributed by atoms with Crippen LogP contribution in [-0.2, 0) is 6.54 Å². The van der Waals surface area contributed by atoms with Crippen molar-refractivity contribution in [3.8, 4) is 0 Å². The standard InChI is InChI=1S/C18H23N3/c1-20(2)13-11-19-12-14-21-17-9-5-3-7-15(17)16-8-4-6-10-18(16)21/h3-10,19H,11-14H2,1-2H3. The average molecular weight is 281 g/mol. The van der Waals surface area contributed by atoms with E-state index in [1.54, 1.807) is 0 Å². The number of nitrogens with zero attached hydrogens (tertiary/aromatic N) is 2. The van der Waals surface area contributed by atoms with Crippen LogP contribution < -0.4 is 5.32 Å². The minimum Gasteiger partial charge on any atom is -0.339 e. The summed E-state index contributed by atoms with van der Waals surface area (Å²) in [5, 5.41) is 6.22. The van der Waals surface area contributed by atoms with E-state index in [1.165, 1.54) is 21.8 Å². The van der Waals surface area contributed by atoms with E-state index in [9.17, 15) is 0 Å². The van der Waals surface area contributed by atoms with Gasteiger partial charge in [-0.15, -0.1) is 0 Å². The first-order chi connectivity index (χ1) is 10.3. The fourth-order valence-electron chi connectivity index (χ4n) is 2.86. The van der Waals surface area contributed by atoms with Crippen LogP contribution in [0.3, 0.4) is 0 Å². The van der Waals surface area contributed by atoms with Crippen molar-refractivity contribution in [2.24, 2.45) is 0 Å². The lowest BCUT2D eigenvalue weighted by Crippen LogP contribution is -2.28. The molecule has 0 saturated carbocycles. The van der Waals surface area contributed by atoms with Crippen molar-refractivity contribution in [1.82, 2.24) is 14.8 Å². The summed E-state index contributed by atoms with van der Waals surface area (Å²) in [5.41, 5.74) is 2.65. The predicted molar refractivity (Wildman–Crippen MR) is 90.9 cm³/mol. The molecule has 0 atom stereocenters. The molecule has 1 N–H and O–H groups in total. The fraction of sp³-hybridized carbons (Fsp3) is 0.333. The van der Waals surface area contributed by atoms with E-state index in [0.29, 0.717) is 0 Å². The highest BCUT2D eigenvalue weighted by atomic mass is 15.1. The molecule has 0 fully saturated rings. The minimum absolute atomic E-state index is 0.997. The Labute approximate surface area is 126 Å². The number of benzene rings is 2. The van der Waals surface area contributed by atoms with Gasteiger partial charge in [-0.3, -0.25) is 0 Å². The van der Waals surface area contributed by atoms with E-state index in [2.05, 4.69) is 77.4 Å². The van der Waals surface area contributed by atoms with Gasteiger partial charge in [-0.05, 0) is 26.2 Å². The van der Waals surface area contributed by atoms with E-state index in [1.807, 2.05) is 0 Å². The van der Waals surface area contributed by atoms with Crippen LogP contribution in [0.4, 0.5) is 0 Å². The Kier molecular flexibility index (Phi) is 4.23. The van der Waals surface area contributed by atoms with E-state index < -0.39 is 0 Å². The SMILES string of the molecule is CN(C)CCNCCn1c2ccccc2c2ccccc21. The van der Waals surface area contributed by atoms with Crippen molar-refractivity contribution in [3.05, 3.63) is 48.5 Å². The summed E-state index contributed by atoms with van der Waals surface area (Å²) in [5.74, 6) is 0. The van der Waals surface area contributed by atoms with Crippen molar-refractivity contribution < 1.29 is 0 Å². The molecule has 0 bridgehead atoms. The van der Waals surface area contributed by atoms with Gasteiger partial charge < -0.3 is 14.8 Å². The molecule has 2 aromatic carbocycles. The van der Waals surface area contributed by atoms with Gasteiger partial charge in [-0.2, -0.15) is 0 Å². The third kappa shape index (κ3) is 2.94. The molecule has 0 spiro atoms. The lowest BCUT2D eigenvalue weighted by atomic mass is 10.2. The summed E-state index contributed by atoms with van der Waals surface area (Å²) in [7, 11) is 4.21. The van der Waals surface area contributed by atoms with Gasteiger partial charge in [0.25, 0.3) is 0 Å². The van der Waals surface area contributed by atoms with Gasteiger partial charge in [-0.1, -0.05) is 36.4 Å². The molecule has 3 aromatic rings. The number of para-hydroxylation sites is 2. The van der Waals surface area contributed by atoms with Gasteiger partial charge in [0.05, 0.1) is 0 Å². The summed E-state index contributed by atoms with van der Waals surface area (Å²) in [4.78, 5) is 2.20. The Hall–Kier alpha value is -1.84. The zero-order chi connectivity index (χ0) is 14.7. The van der Waals surface area contributed by atoms with Crippen LogP contribution in [-0.4, -0.2) is 43.2 Å². The number of aromatic nitrogens is 1. The van der Waals surface area contributed by atoms with Gasteiger partial charge in [-0.25, -0.2) is 0 Å². The molecule has 0 unspecified atom stereocenters. The van der Waals surface area contributed by atoms with E-state index >= 15 is 0 Å². The van der Waals surface area contributed by atoms with E-state index in [0.717, 1.165) is 26.2 Å². The van der Waals surface area contributed by atoms with E-state index in [-0.39, 0.29) is 0 Å². The molecule has 110 valence electrons. The molecule has 3 rings (SSSR count). The lowest BCUT2D eigenvalue weighted by molar-refractivity contribution is 0.398. The third-order valence-electron chi connectivity index (χ3n) is 3.93. The minimum atomic E-state index is 0.997. The normalized spacial score (nSPS) is 11.8. The molecule has 0 aliphatic heterocycles. The van der Waals surface area contributed by atoms with Gasteiger partial charge >= 0.3 is 0 Å². The highest BCUT2D eigenvalue weighted by Gasteiger charge is 2.08. The number of hydrogen-bond donors (Lipinski definition) is 1. The number of likely N-dealkylation sites (N-methyl/N-ethyl adjacent to an activating group) is 1. The summed E-state index contributed by atoms with van der Waals surface area (Å²) < 4.78 is 2.42. The Morgan fingerprint density at radius 3 is 2.00 bits per heavy atom. The van der Waals surface area contributed by atoms with Crippen molar-refractivity contribution in [1.29, 1.82) is 0 Å². The van der Waals surface area contributed by atoms with Crippen LogP contribution in [0.15, 0.2) is 48.5 Å². The largest absolute Gasteiger partial charge is 0.339 e. The highest BCUT2D eigenvalue weighted by molar-refractivity contribution is 6.07. The van der Waals surface area contributed by atoms with Gasteiger partial charge in [0.2, 0.25) is 0 Å². The zero-order valence-electron chi connectivity index (χ0n) is 12.8. The quantitative estimate of drug-likeness (QED) is 0.701. The van der Waals surface area contributed by atoms with Gasteiger partial charge in [0, 0.05) is 48.0 Å². The van der Waals surface area contributed by atoms with Gasteiger partial charge in [0.15, 0.2) is 0 Å². The number of rotatable bonds is 6. The smallest absolute Gasteiger partial charge is 0.0491 e. The first-order valence-electron chi connectivity index (χ1n) is 7.59. The van der Waals surface area contributed by atoms with Crippen molar-refractivity contribution in [3.63, 3.8) is 0 Å². The maximum absolute atomic E-state index is 3.52. The first-order valence-corrected chi connectivity index (χ1v) is 7.59. The van der Waals surface area contributed by atoms with Gasteiger partial charge in [0.1, 0.15) is 0 Å². The second-order valence-electron chi connectivity index (χ2n) is 5.74. The van der Waals surface area contributed by atoms with Crippen LogP contribution in [0.2, 0.25) is 0 Å². The molecule has 1 heterocycles. The van der Waals surface area contributed by atoms with Crippen molar-refractivity contribution in [2.45, 2.75) is 6.54 Å². The molecular formula is C18H23N3. The molecular weight excluding hydrogens is 258 g/mol. The third-order valence-corrected chi connectivity index (χ3v) is 3.93. The molecule has 21 heavy (non-hydrogen) atoms. The van der Waals surface area contributed by atoms with Crippen LogP contribution in [0.5, 0.6) is 0 Å². The number of fused-ring (bicyclic) bond motifs is 3. The Bertz CT molecular complexity index is 674. The van der Waals surface area contributed by atoms with E-state index in [4.69, 9.17) is 0 Å². The summed E-state index contributed by atoms with van der Waals surface area (Å²) in [6, 6.07) is 17.4. The molecule has 0 aliphatic carbocycles. The Morgan fingerprint density at radius 2 is 1.43 bits per heavy atom. The summed E-state index contributed by atoms with van der Waals surface area (Å²) >= 11 is 0.